The quantitative estimate of drug-likeness (QED) is 0.590. The number of carbonyl (C=O) groups excluding carboxylic acids is 1. The highest BCUT2D eigenvalue weighted by atomic mass is 32.2. The highest BCUT2D eigenvalue weighted by molar-refractivity contribution is 7.89. The summed E-state index contributed by atoms with van der Waals surface area (Å²) in [6.45, 7) is 4.11. The maximum absolute atomic E-state index is 12.6. The van der Waals surface area contributed by atoms with Crippen LogP contribution < -0.4 is 19.5 Å². The fourth-order valence-electron chi connectivity index (χ4n) is 2.45. The van der Waals surface area contributed by atoms with Crippen molar-refractivity contribution in [2.45, 2.75) is 24.8 Å². The van der Waals surface area contributed by atoms with Crippen LogP contribution in [0.3, 0.4) is 0 Å². The van der Waals surface area contributed by atoms with Crippen LogP contribution in [-0.4, -0.2) is 40.6 Å². The zero-order valence-electron chi connectivity index (χ0n) is 16.2. The van der Waals surface area contributed by atoms with Crippen LogP contribution in [-0.2, 0) is 14.8 Å². The van der Waals surface area contributed by atoms with E-state index in [1.807, 2.05) is 30.3 Å². The summed E-state index contributed by atoms with van der Waals surface area (Å²) in [6.07, 6.45) is 0. The number of hydrogen-bond donors (Lipinski definition) is 2. The van der Waals surface area contributed by atoms with E-state index in [0.29, 0.717) is 11.5 Å². The number of benzene rings is 2. The van der Waals surface area contributed by atoms with Crippen molar-refractivity contribution < 1.29 is 22.7 Å². The summed E-state index contributed by atoms with van der Waals surface area (Å²) < 4.78 is 38.3. The monoisotopic (exact) mass is 406 g/mol. The van der Waals surface area contributed by atoms with Crippen LogP contribution in [0.1, 0.15) is 13.8 Å². The van der Waals surface area contributed by atoms with Crippen molar-refractivity contribution in [3.63, 3.8) is 0 Å². The minimum absolute atomic E-state index is 0.0687. The van der Waals surface area contributed by atoms with E-state index in [4.69, 9.17) is 9.47 Å². The van der Waals surface area contributed by atoms with Crippen LogP contribution in [0.15, 0.2) is 59.5 Å². The minimum Gasteiger partial charge on any atom is -0.497 e. The van der Waals surface area contributed by atoms with Gasteiger partial charge in [0.05, 0.1) is 18.6 Å². The minimum atomic E-state index is -3.85. The van der Waals surface area contributed by atoms with Gasteiger partial charge < -0.3 is 14.8 Å². The molecule has 0 unspecified atom stereocenters. The number of hydrogen-bond acceptors (Lipinski definition) is 5. The Balaban J connectivity index is 1.94. The lowest BCUT2D eigenvalue weighted by Crippen LogP contribution is -2.50. The molecule has 0 bridgehead atoms. The molecule has 0 spiro atoms. The number of amides is 1. The van der Waals surface area contributed by atoms with Gasteiger partial charge in [0.2, 0.25) is 15.9 Å². The molecule has 7 nitrogen and oxygen atoms in total. The summed E-state index contributed by atoms with van der Waals surface area (Å²) >= 11 is 0. The maximum Gasteiger partial charge on any atom is 0.241 e. The number of sulfonamides is 1. The smallest absolute Gasteiger partial charge is 0.241 e. The molecule has 0 aliphatic rings. The Bertz CT molecular complexity index is 852. The molecule has 8 heteroatoms. The molecule has 1 amide bonds. The molecule has 0 aliphatic carbocycles. The normalized spacial score (nSPS) is 12.4. The van der Waals surface area contributed by atoms with E-state index >= 15 is 0 Å². The number of methoxy groups -OCH3 is 1. The molecule has 0 aromatic heterocycles. The SMILES string of the molecule is COc1ccc(S(=O)(=O)N[C@H](C(=O)NCCOc2ccccc2)C(C)C)cc1. The van der Waals surface area contributed by atoms with Crippen LogP contribution in [0.4, 0.5) is 0 Å². The Hall–Kier alpha value is -2.58. The average molecular weight is 407 g/mol. The molecule has 0 fully saturated rings. The van der Waals surface area contributed by atoms with Gasteiger partial charge in [0, 0.05) is 0 Å². The number of nitrogens with one attached hydrogen (secondary N) is 2. The van der Waals surface area contributed by atoms with E-state index < -0.39 is 22.0 Å². The van der Waals surface area contributed by atoms with Crippen LogP contribution >= 0.6 is 0 Å². The predicted octanol–water partition coefficient (Wildman–Crippen LogP) is 2.19. The van der Waals surface area contributed by atoms with E-state index in [2.05, 4.69) is 10.0 Å². The number of ether oxygens (including phenoxy) is 2. The van der Waals surface area contributed by atoms with Gasteiger partial charge in [0.15, 0.2) is 0 Å². The largest absolute Gasteiger partial charge is 0.497 e. The first-order chi connectivity index (χ1) is 13.3. The fraction of sp³-hybridized carbons (Fsp3) is 0.350. The molecule has 1 atom stereocenters. The molecule has 2 aromatic rings. The molecule has 0 aliphatic heterocycles. The van der Waals surface area contributed by atoms with Gasteiger partial charge in [0.1, 0.15) is 24.1 Å². The Kier molecular flexibility index (Phi) is 7.83. The average Bonchev–Trinajstić information content (AvgIpc) is 2.70. The van der Waals surface area contributed by atoms with E-state index in [0.717, 1.165) is 0 Å². The van der Waals surface area contributed by atoms with Crippen molar-refractivity contribution in [3.8, 4) is 11.5 Å². The number of para-hydroxylation sites is 1. The van der Waals surface area contributed by atoms with Gasteiger partial charge in [-0.25, -0.2) is 8.42 Å². The third-order valence-electron chi connectivity index (χ3n) is 4.01. The van der Waals surface area contributed by atoms with Gasteiger partial charge in [-0.15, -0.1) is 0 Å². The van der Waals surface area contributed by atoms with Crippen molar-refractivity contribution in [3.05, 3.63) is 54.6 Å². The standard InChI is InChI=1S/C20H26N2O5S/c1-15(2)19(20(23)21-13-14-27-17-7-5-4-6-8-17)22-28(24,25)18-11-9-16(26-3)10-12-18/h4-12,15,19,22H,13-14H2,1-3H3,(H,21,23)/t19-/m0/s1. The third kappa shape index (κ3) is 6.24. The van der Waals surface area contributed by atoms with Gasteiger partial charge in [-0.2, -0.15) is 4.72 Å². The fourth-order valence-corrected chi connectivity index (χ4v) is 3.80. The Morgan fingerprint density at radius 2 is 1.64 bits per heavy atom. The lowest BCUT2D eigenvalue weighted by atomic mass is 10.1. The van der Waals surface area contributed by atoms with Gasteiger partial charge in [-0.3, -0.25) is 4.79 Å². The molecule has 2 rings (SSSR count). The molecule has 0 radical (unpaired) electrons. The summed E-state index contributed by atoms with van der Waals surface area (Å²) in [5, 5.41) is 2.72. The van der Waals surface area contributed by atoms with Crippen LogP contribution in [0, 0.1) is 5.92 Å². The third-order valence-corrected chi connectivity index (χ3v) is 5.47. The predicted molar refractivity (Wildman–Crippen MR) is 107 cm³/mol. The zero-order valence-corrected chi connectivity index (χ0v) is 17.0. The molecular weight excluding hydrogens is 380 g/mol. The molecule has 28 heavy (non-hydrogen) atoms. The van der Waals surface area contributed by atoms with Crippen molar-refractivity contribution in [1.82, 2.24) is 10.0 Å². The van der Waals surface area contributed by atoms with E-state index in [9.17, 15) is 13.2 Å². The lowest BCUT2D eigenvalue weighted by Gasteiger charge is -2.21. The van der Waals surface area contributed by atoms with Crippen LogP contribution in [0.25, 0.3) is 0 Å². The van der Waals surface area contributed by atoms with E-state index in [1.54, 1.807) is 26.0 Å². The summed E-state index contributed by atoms with van der Waals surface area (Å²) in [5.74, 6) is 0.625. The molecular formula is C20H26N2O5S. The van der Waals surface area contributed by atoms with Gasteiger partial charge in [0.25, 0.3) is 0 Å². The summed E-state index contributed by atoms with van der Waals surface area (Å²) in [4.78, 5) is 12.6. The second kappa shape index (κ2) is 10.1. The van der Waals surface area contributed by atoms with E-state index in [1.165, 1.54) is 19.2 Å². The van der Waals surface area contributed by atoms with Crippen molar-refractivity contribution in [1.29, 1.82) is 0 Å². The van der Waals surface area contributed by atoms with E-state index in [-0.39, 0.29) is 24.0 Å². The molecule has 0 heterocycles. The highest BCUT2D eigenvalue weighted by Gasteiger charge is 2.28. The Labute approximate surface area is 166 Å². The Morgan fingerprint density at radius 1 is 1.00 bits per heavy atom. The lowest BCUT2D eigenvalue weighted by molar-refractivity contribution is -0.123. The van der Waals surface area contributed by atoms with Crippen molar-refractivity contribution >= 4 is 15.9 Å². The molecule has 2 N–H and O–H groups in total. The number of rotatable bonds is 10. The van der Waals surface area contributed by atoms with Gasteiger partial charge in [-0.1, -0.05) is 32.0 Å². The van der Waals surface area contributed by atoms with Crippen molar-refractivity contribution in [2.24, 2.45) is 5.92 Å². The number of carbonyl (C=O) groups is 1. The summed E-state index contributed by atoms with van der Waals surface area (Å²) in [5.41, 5.74) is 0. The van der Waals surface area contributed by atoms with Gasteiger partial charge >= 0.3 is 0 Å². The molecule has 152 valence electrons. The van der Waals surface area contributed by atoms with Crippen LogP contribution in [0.5, 0.6) is 11.5 Å². The maximum atomic E-state index is 12.6. The molecule has 0 saturated carbocycles. The molecule has 2 aromatic carbocycles. The Morgan fingerprint density at radius 3 is 2.21 bits per heavy atom. The first kappa shape index (κ1) is 21.7. The highest BCUT2D eigenvalue weighted by Crippen LogP contribution is 2.17. The topological polar surface area (TPSA) is 93.7 Å². The molecule has 0 saturated heterocycles. The first-order valence-corrected chi connectivity index (χ1v) is 10.4. The van der Waals surface area contributed by atoms with Gasteiger partial charge in [-0.05, 0) is 42.3 Å². The summed E-state index contributed by atoms with van der Waals surface area (Å²) in [6, 6.07) is 14.3. The summed E-state index contributed by atoms with van der Waals surface area (Å²) in [7, 11) is -2.34. The second-order valence-corrected chi connectivity index (χ2v) is 8.19. The van der Waals surface area contributed by atoms with Crippen LogP contribution in [0.2, 0.25) is 0 Å². The van der Waals surface area contributed by atoms with Crippen molar-refractivity contribution in [2.75, 3.05) is 20.3 Å². The zero-order chi connectivity index (χ0) is 20.6. The first-order valence-electron chi connectivity index (χ1n) is 8.95. The second-order valence-electron chi connectivity index (χ2n) is 6.47.